The lowest BCUT2D eigenvalue weighted by Crippen LogP contribution is -2.18. The van der Waals surface area contributed by atoms with E-state index in [0.29, 0.717) is 16.3 Å². The van der Waals surface area contributed by atoms with Crippen LogP contribution in [0.25, 0.3) is 0 Å². The van der Waals surface area contributed by atoms with Gasteiger partial charge in [-0.15, -0.1) is 0 Å². The Bertz CT molecular complexity index is 454. The number of halogens is 1. The van der Waals surface area contributed by atoms with Gasteiger partial charge < -0.3 is 9.47 Å². The summed E-state index contributed by atoms with van der Waals surface area (Å²) in [7, 11) is 1.45. The first-order chi connectivity index (χ1) is 8.02. The van der Waals surface area contributed by atoms with Crippen LogP contribution >= 0.6 is 11.6 Å². The number of carbonyl (C=O) groups excluding carboxylic acids is 2. The van der Waals surface area contributed by atoms with Gasteiger partial charge in [0.15, 0.2) is 0 Å². The van der Waals surface area contributed by atoms with Crippen LogP contribution < -0.4 is 4.74 Å². The van der Waals surface area contributed by atoms with E-state index in [4.69, 9.17) is 16.3 Å². The monoisotopic (exact) mass is 256 g/mol. The van der Waals surface area contributed by atoms with Crippen molar-refractivity contribution >= 4 is 23.4 Å². The largest absolute Gasteiger partial charge is 0.495 e. The van der Waals surface area contributed by atoms with Gasteiger partial charge in [-0.1, -0.05) is 11.6 Å². The van der Waals surface area contributed by atoms with Gasteiger partial charge in [0.1, 0.15) is 5.75 Å². The minimum absolute atomic E-state index is 0.161. The number of hydrogen-bond acceptors (Lipinski definition) is 4. The van der Waals surface area contributed by atoms with Crippen molar-refractivity contribution in [1.82, 2.24) is 0 Å². The van der Waals surface area contributed by atoms with Gasteiger partial charge in [-0.25, -0.2) is 4.79 Å². The van der Waals surface area contributed by atoms with Crippen LogP contribution in [0.15, 0.2) is 12.1 Å². The second kappa shape index (κ2) is 5.68. The Hall–Kier alpha value is -1.55. The van der Waals surface area contributed by atoms with Crippen LogP contribution in [0.1, 0.15) is 22.8 Å². The van der Waals surface area contributed by atoms with Crippen LogP contribution in [0.3, 0.4) is 0 Å². The van der Waals surface area contributed by atoms with Gasteiger partial charge in [-0.2, -0.15) is 0 Å². The molecule has 0 heterocycles. The highest BCUT2D eigenvalue weighted by Crippen LogP contribution is 2.30. The van der Waals surface area contributed by atoms with Crippen LogP contribution in [-0.2, 0) is 9.53 Å². The van der Waals surface area contributed by atoms with Crippen LogP contribution in [0.4, 0.5) is 0 Å². The molecule has 0 bridgehead atoms. The minimum Gasteiger partial charge on any atom is -0.495 e. The predicted octanol–water partition coefficient (Wildman–Crippen LogP) is 2.40. The molecule has 0 aliphatic heterocycles. The van der Waals surface area contributed by atoms with E-state index >= 15 is 0 Å². The summed E-state index contributed by atoms with van der Waals surface area (Å²) < 4.78 is 9.72. The summed E-state index contributed by atoms with van der Waals surface area (Å²) in [5, 5.41) is 0.394. The average Bonchev–Trinajstić information content (AvgIpc) is 2.29. The van der Waals surface area contributed by atoms with Crippen molar-refractivity contribution in [2.75, 3.05) is 13.7 Å². The fourth-order valence-corrected chi connectivity index (χ4v) is 1.74. The third kappa shape index (κ3) is 2.77. The summed E-state index contributed by atoms with van der Waals surface area (Å²) in [6.07, 6.45) is 0. The molecule has 0 aliphatic rings. The number of esters is 1. The molecule has 1 rings (SSSR count). The van der Waals surface area contributed by atoms with Crippen molar-refractivity contribution in [3.05, 3.63) is 28.3 Å². The number of rotatable bonds is 4. The van der Waals surface area contributed by atoms with E-state index in [1.165, 1.54) is 19.2 Å². The van der Waals surface area contributed by atoms with E-state index in [1.807, 2.05) is 0 Å². The molecule has 1 aromatic carbocycles. The number of ether oxygens (including phenoxy) is 2. The molecule has 0 aliphatic carbocycles. The number of carbonyl (C=O) groups is 2. The third-order valence-electron chi connectivity index (χ3n) is 2.27. The van der Waals surface area contributed by atoms with Crippen molar-refractivity contribution in [2.45, 2.75) is 13.8 Å². The zero-order chi connectivity index (χ0) is 13.0. The van der Waals surface area contributed by atoms with Gasteiger partial charge >= 0.3 is 5.97 Å². The molecule has 0 amide bonds. The average molecular weight is 257 g/mol. The van der Waals surface area contributed by atoms with E-state index in [-0.39, 0.29) is 12.2 Å². The summed E-state index contributed by atoms with van der Waals surface area (Å²) in [5.74, 6) is -1.18. The summed E-state index contributed by atoms with van der Waals surface area (Å²) in [6, 6.07) is 3.00. The van der Waals surface area contributed by atoms with Crippen LogP contribution in [0.2, 0.25) is 5.02 Å². The van der Waals surface area contributed by atoms with Crippen molar-refractivity contribution in [3.63, 3.8) is 0 Å². The van der Waals surface area contributed by atoms with Gasteiger partial charge in [-0.3, -0.25) is 4.79 Å². The van der Waals surface area contributed by atoms with Crippen molar-refractivity contribution in [3.8, 4) is 5.75 Å². The van der Waals surface area contributed by atoms with E-state index in [1.54, 1.807) is 13.8 Å². The maximum Gasteiger partial charge on any atom is 0.379 e. The predicted molar refractivity (Wildman–Crippen MR) is 63.7 cm³/mol. The van der Waals surface area contributed by atoms with Gasteiger partial charge in [0, 0.05) is 11.1 Å². The van der Waals surface area contributed by atoms with E-state index in [2.05, 4.69) is 4.74 Å². The zero-order valence-corrected chi connectivity index (χ0v) is 10.6. The molecule has 92 valence electrons. The summed E-state index contributed by atoms with van der Waals surface area (Å²) in [5.41, 5.74) is 0.766. The van der Waals surface area contributed by atoms with Crippen molar-refractivity contribution in [1.29, 1.82) is 0 Å². The van der Waals surface area contributed by atoms with E-state index in [9.17, 15) is 9.59 Å². The first-order valence-electron chi connectivity index (χ1n) is 5.07. The number of hydrogen-bond donors (Lipinski definition) is 0. The standard InChI is InChI=1S/C12H13ClO4/c1-4-17-12(15)10(14)8-5-6-9(13)11(16-3)7(8)2/h5-6H,4H2,1-3H3. The summed E-state index contributed by atoms with van der Waals surface area (Å²) in [4.78, 5) is 23.1. The van der Waals surface area contributed by atoms with E-state index in [0.717, 1.165) is 0 Å². The molecule has 0 saturated carbocycles. The molecule has 0 fully saturated rings. The first-order valence-corrected chi connectivity index (χ1v) is 5.45. The molecule has 0 saturated heterocycles. The minimum atomic E-state index is -0.875. The lowest BCUT2D eigenvalue weighted by Gasteiger charge is -2.10. The SMILES string of the molecule is CCOC(=O)C(=O)c1ccc(Cl)c(OC)c1C. The Balaban J connectivity index is 3.15. The fourth-order valence-electron chi connectivity index (χ4n) is 1.46. The second-order valence-electron chi connectivity index (χ2n) is 3.30. The molecule has 0 radical (unpaired) electrons. The maximum atomic E-state index is 11.8. The Morgan fingerprint density at radius 2 is 2.00 bits per heavy atom. The highest BCUT2D eigenvalue weighted by molar-refractivity contribution is 6.41. The highest BCUT2D eigenvalue weighted by atomic mass is 35.5. The first kappa shape index (κ1) is 13.5. The lowest BCUT2D eigenvalue weighted by atomic mass is 10.0. The Morgan fingerprint density at radius 3 is 2.53 bits per heavy atom. The molecule has 17 heavy (non-hydrogen) atoms. The van der Waals surface area contributed by atoms with Crippen LogP contribution in [0, 0.1) is 6.92 Å². The summed E-state index contributed by atoms with van der Waals surface area (Å²) in [6.45, 7) is 3.46. The maximum absolute atomic E-state index is 11.8. The van der Waals surface area contributed by atoms with Gasteiger partial charge in [0.05, 0.1) is 18.7 Å². The lowest BCUT2D eigenvalue weighted by molar-refractivity contribution is -0.137. The third-order valence-corrected chi connectivity index (χ3v) is 2.57. The molecule has 0 atom stereocenters. The highest BCUT2D eigenvalue weighted by Gasteiger charge is 2.22. The summed E-state index contributed by atoms with van der Waals surface area (Å²) >= 11 is 5.89. The topological polar surface area (TPSA) is 52.6 Å². The Labute approximate surface area is 104 Å². The molecular formula is C12H13ClO4. The second-order valence-corrected chi connectivity index (χ2v) is 3.71. The van der Waals surface area contributed by atoms with E-state index < -0.39 is 11.8 Å². The fraction of sp³-hybridized carbons (Fsp3) is 0.333. The quantitative estimate of drug-likeness (QED) is 0.472. The van der Waals surface area contributed by atoms with Crippen molar-refractivity contribution in [2.24, 2.45) is 0 Å². The number of ketones is 1. The van der Waals surface area contributed by atoms with Crippen LogP contribution in [0.5, 0.6) is 5.75 Å². The smallest absolute Gasteiger partial charge is 0.379 e. The van der Waals surface area contributed by atoms with Gasteiger partial charge in [0.25, 0.3) is 5.78 Å². The van der Waals surface area contributed by atoms with Crippen LogP contribution in [-0.4, -0.2) is 25.5 Å². The van der Waals surface area contributed by atoms with Gasteiger partial charge in [-0.05, 0) is 26.0 Å². The Morgan fingerprint density at radius 1 is 1.35 bits per heavy atom. The molecule has 0 unspecified atom stereocenters. The molecule has 0 N–H and O–H groups in total. The molecule has 5 heteroatoms. The van der Waals surface area contributed by atoms with Gasteiger partial charge in [0.2, 0.25) is 0 Å². The molecule has 1 aromatic rings. The zero-order valence-electron chi connectivity index (χ0n) is 9.87. The molecule has 0 aromatic heterocycles. The normalized spacial score (nSPS) is 9.88. The molecule has 0 spiro atoms. The van der Waals surface area contributed by atoms with Crippen molar-refractivity contribution < 1.29 is 19.1 Å². The Kier molecular flexibility index (Phi) is 4.52. The number of benzene rings is 1. The molecule has 4 nitrogen and oxygen atoms in total. The molecular weight excluding hydrogens is 244 g/mol. The number of Topliss-reactive ketones (excluding diaryl/α,β-unsaturated/α-hetero) is 1. The number of methoxy groups -OCH3 is 1.